The van der Waals surface area contributed by atoms with E-state index in [9.17, 15) is 47.9 Å². The number of carbonyl (C=O) groups is 10. The van der Waals surface area contributed by atoms with Crippen LogP contribution in [-0.4, -0.2) is 156 Å². The number of nitrogens with one attached hydrogen (secondary N) is 5. The third kappa shape index (κ3) is 25.2. The van der Waals surface area contributed by atoms with Gasteiger partial charge in [-0.1, -0.05) is 0 Å². The van der Waals surface area contributed by atoms with Crippen LogP contribution in [-0.2, 0) is 76.1 Å². The van der Waals surface area contributed by atoms with Crippen LogP contribution in [0.4, 0.5) is 24.0 Å². The lowest BCUT2D eigenvalue weighted by atomic mass is 9.97. The fourth-order valence-electron chi connectivity index (χ4n) is 5.44. The number of rotatable bonds is 16. The van der Waals surface area contributed by atoms with E-state index < -0.39 is 156 Å². The highest BCUT2D eigenvalue weighted by Gasteiger charge is 2.55. The molecule has 0 saturated carbocycles. The Morgan fingerprint density at radius 1 is 0.361 bits per heavy atom. The monoisotopic (exact) mass is 1040 g/mol. The zero-order chi connectivity index (χ0) is 56.1. The highest BCUT2D eigenvalue weighted by molar-refractivity contribution is 5.84. The van der Waals surface area contributed by atoms with Crippen LogP contribution in [0.2, 0.25) is 0 Å². The molecule has 1 aliphatic heterocycles. The standard InChI is InChI=1S/C46H77N5O21/c1-22(47-37(57)68-42(6,7)8)31(52)62-21-27-28(64-32(53)23(2)48-38(58)69-43(9,10)11)29(65-33(54)24(3)49-39(59)70-44(12,13)14)30(66-34(55)25(4)50-40(60)71-45(15,16)17)36(63-27)67-35(56)26(5)51-41(61)72-46(18,19)20/h22-30,36H,21H2,1-20H3,(H,47,57)(H,48,58)(H,49,59)(H,50,60)(H,51,61). The maximum Gasteiger partial charge on any atom is 0.408 e. The molecule has 5 amide bonds. The van der Waals surface area contributed by atoms with Gasteiger partial charge in [-0.3, -0.25) is 0 Å². The summed E-state index contributed by atoms with van der Waals surface area (Å²) < 4.78 is 61.0. The highest BCUT2D eigenvalue weighted by atomic mass is 16.8. The molecule has 26 heteroatoms. The minimum Gasteiger partial charge on any atom is -0.461 e. The van der Waals surface area contributed by atoms with Gasteiger partial charge in [0.2, 0.25) is 12.4 Å². The Morgan fingerprint density at radius 2 is 0.597 bits per heavy atom. The number of esters is 5. The van der Waals surface area contributed by atoms with E-state index in [0.717, 1.165) is 0 Å². The maximum atomic E-state index is 14.1. The molecule has 72 heavy (non-hydrogen) atoms. The lowest BCUT2D eigenvalue weighted by molar-refractivity contribution is -0.302. The van der Waals surface area contributed by atoms with E-state index >= 15 is 0 Å². The second kappa shape index (κ2) is 25.9. The summed E-state index contributed by atoms with van der Waals surface area (Å²) in [7, 11) is 0. The van der Waals surface area contributed by atoms with Crippen LogP contribution in [0.25, 0.3) is 0 Å². The summed E-state index contributed by atoms with van der Waals surface area (Å²) in [5.41, 5.74) is -5.03. The van der Waals surface area contributed by atoms with Gasteiger partial charge in [0.1, 0.15) is 70.9 Å². The van der Waals surface area contributed by atoms with E-state index in [0.29, 0.717) is 0 Å². The largest absolute Gasteiger partial charge is 0.461 e. The number of amides is 5. The van der Waals surface area contributed by atoms with Gasteiger partial charge in [-0.15, -0.1) is 0 Å². The first-order valence-electron chi connectivity index (χ1n) is 23.1. The predicted molar refractivity (Wildman–Crippen MR) is 250 cm³/mol. The molecule has 0 radical (unpaired) electrons. The van der Waals surface area contributed by atoms with Crippen molar-refractivity contribution in [3.63, 3.8) is 0 Å². The molecule has 1 rings (SSSR count). The molecular weight excluding hydrogens is 959 g/mol. The first-order valence-corrected chi connectivity index (χ1v) is 23.1. The van der Waals surface area contributed by atoms with Crippen LogP contribution in [0, 0.1) is 0 Å². The number of carbonyl (C=O) groups excluding carboxylic acids is 10. The smallest absolute Gasteiger partial charge is 0.408 e. The van der Waals surface area contributed by atoms with Crippen molar-refractivity contribution in [1.82, 2.24) is 26.6 Å². The van der Waals surface area contributed by atoms with E-state index in [2.05, 4.69) is 26.6 Å². The molecule has 0 aromatic rings. The molecule has 1 saturated heterocycles. The van der Waals surface area contributed by atoms with Crippen LogP contribution in [0.5, 0.6) is 0 Å². The fraction of sp³-hybridized carbons (Fsp3) is 0.783. The predicted octanol–water partition coefficient (Wildman–Crippen LogP) is 4.10. The van der Waals surface area contributed by atoms with E-state index in [-0.39, 0.29) is 0 Å². The first-order chi connectivity index (χ1) is 32.5. The van der Waals surface area contributed by atoms with E-state index in [1.54, 1.807) is 104 Å². The zero-order valence-corrected chi connectivity index (χ0v) is 45.1. The third-order valence-electron chi connectivity index (χ3n) is 8.40. The number of hydrogen-bond donors (Lipinski definition) is 5. The molecule has 26 nitrogen and oxygen atoms in total. The fourth-order valence-corrected chi connectivity index (χ4v) is 5.44. The summed E-state index contributed by atoms with van der Waals surface area (Å²) in [6.45, 7) is 28.4. The van der Waals surface area contributed by atoms with Crippen LogP contribution in [0.15, 0.2) is 0 Å². The molecule has 0 bridgehead atoms. The first kappa shape index (κ1) is 63.7. The molecule has 1 heterocycles. The lowest BCUT2D eigenvalue weighted by Gasteiger charge is -2.44. The van der Waals surface area contributed by atoms with Crippen LogP contribution in [0.3, 0.4) is 0 Å². The van der Waals surface area contributed by atoms with Crippen molar-refractivity contribution in [2.45, 2.75) is 227 Å². The zero-order valence-electron chi connectivity index (χ0n) is 45.1. The number of alkyl carbamates (subject to hydrolysis) is 5. The Hall–Kier alpha value is -6.34. The van der Waals surface area contributed by atoms with Crippen molar-refractivity contribution < 1.29 is 100 Å². The molecular formula is C46H77N5O21. The minimum absolute atomic E-state index is 0.960. The second-order valence-electron chi connectivity index (χ2n) is 21.7. The summed E-state index contributed by atoms with van der Waals surface area (Å²) in [5, 5.41) is 11.4. The molecule has 0 aromatic carbocycles. The molecule has 10 atom stereocenters. The topological polar surface area (TPSA) is 332 Å². The lowest BCUT2D eigenvalue weighted by Crippen LogP contribution is -2.65. The highest BCUT2D eigenvalue weighted by Crippen LogP contribution is 2.31. The van der Waals surface area contributed by atoms with E-state index in [1.807, 2.05) is 0 Å². The van der Waals surface area contributed by atoms with Gasteiger partial charge in [0.15, 0.2) is 12.2 Å². The molecule has 412 valence electrons. The van der Waals surface area contributed by atoms with Crippen molar-refractivity contribution in [3.8, 4) is 0 Å². The SMILES string of the molecule is CC(NC(=O)OC(C)(C)C)C(=O)OCC1OC(OC(=O)C(C)NC(=O)OC(C)(C)C)C(OC(=O)C(C)NC(=O)OC(C)(C)C)C(OC(=O)C(C)NC(=O)OC(C)(C)C)C1OC(=O)C(C)NC(=O)OC(C)(C)C. The number of ether oxygens (including phenoxy) is 11. The summed E-state index contributed by atoms with van der Waals surface area (Å²) in [6, 6.07) is -7.68. The van der Waals surface area contributed by atoms with Gasteiger partial charge >= 0.3 is 60.3 Å². The van der Waals surface area contributed by atoms with E-state index in [4.69, 9.17) is 52.1 Å². The Kier molecular flexibility index (Phi) is 22.9. The average Bonchev–Trinajstić information content (AvgIpc) is 3.14. The molecule has 1 fully saturated rings. The summed E-state index contributed by atoms with van der Waals surface area (Å²) in [5.74, 6) is -6.31. The third-order valence-corrected chi connectivity index (χ3v) is 8.40. The molecule has 5 N–H and O–H groups in total. The molecule has 0 aromatic heterocycles. The van der Waals surface area contributed by atoms with Crippen LogP contribution in [0.1, 0.15) is 138 Å². The summed E-state index contributed by atoms with van der Waals surface area (Å²) in [6.07, 6.45) is -15.8. The van der Waals surface area contributed by atoms with Crippen molar-refractivity contribution in [3.05, 3.63) is 0 Å². The van der Waals surface area contributed by atoms with Gasteiger partial charge in [-0.05, 0) is 138 Å². The van der Waals surface area contributed by atoms with Gasteiger partial charge in [0, 0.05) is 0 Å². The second-order valence-corrected chi connectivity index (χ2v) is 21.7. The van der Waals surface area contributed by atoms with Gasteiger partial charge in [0.05, 0.1) is 0 Å². The molecule has 10 unspecified atom stereocenters. The Morgan fingerprint density at radius 3 is 0.875 bits per heavy atom. The Balaban J connectivity index is 4.13. The summed E-state index contributed by atoms with van der Waals surface area (Å²) >= 11 is 0. The van der Waals surface area contributed by atoms with Crippen molar-refractivity contribution >= 4 is 60.3 Å². The Labute approximate surface area is 420 Å². The van der Waals surface area contributed by atoms with Crippen molar-refractivity contribution in [2.24, 2.45) is 0 Å². The quantitative estimate of drug-likeness (QED) is 0.107. The van der Waals surface area contributed by atoms with Crippen molar-refractivity contribution in [1.29, 1.82) is 0 Å². The molecule has 1 aliphatic rings. The Bertz CT molecular complexity index is 1940. The molecule has 0 spiro atoms. The van der Waals surface area contributed by atoms with Gasteiger partial charge in [-0.25, -0.2) is 47.9 Å². The number of hydrogen-bond acceptors (Lipinski definition) is 21. The maximum absolute atomic E-state index is 14.1. The molecule has 0 aliphatic carbocycles. The average molecular weight is 1040 g/mol. The normalized spacial score (nSPS) is 20.4. The van der Waals surface area contributed by atoms with Crippen LogP contribution < -0.4 is 26.6 Å². The van der Waals surface area contributed by atoms with E-state index in [1.165, 1.54) is 34.6 Å². The summed E-state index contributed by atoms with van der Waals surface area (Å²) in [4.78, 5) is 133. The van der Waals surface area contributed by atoms with Gasteiger partial charge in [0.25, 0.3) is 0 Å². The van der Waals surface area contributed by atoms with Gasteiger partial charge in [-0.2, -0.15) is 0 Å². The van der Waals surface area contributed by atoms with Crippen LogP contribution >= 0.6 is 0 Å². The van der Waals surface area contributed by atoms with Crippen molar-refractivity contribution in [2.75, 3.05) is 6.61 Å². The van der Waals surface area contributed by atoms with Gasteiger partial charge < -0.3 is 78.7 Å². The minimum atomic E-state index is -2.24.